The Kier molecular flexibility index (Phi) is 2.74. The van der Waals surface area contributed by atoms with Gasteiger partial charge in [-0.15, -0.1) is 0 Å². The Labute approximate surface area is 90.4 Å². The molecular weight excluding hydrogens is 249 g/mol. The molecular formula is C10H11BrFNO. The molecule has 0 aromatic heterocycles. The number of nitrogens with two attached hydrogens (primary N) is 1. The van der Waals surface area contributed by atoms with Gasteiger partial charge in [-0.1, -0.05) is 15.9 Å². The maximum atomic E-state index is 13.4. The maximum absolute atomic E-state index is 13.4. The smallest absolute Gasteiger partial charge is 0.165 e. The molecule has 1 heterocycles. The normalized spacial score (nSPS) is 20.9. The second-order valence-electron chi connectivity index (χ2n) is 3.37. The van der Waals surface area contributed by atoms with Crippen LogP contribution in [0.15, 0.2) is 16.6 Å². The first-order chi connectivity index (χ1) is 6.70. The lowest BCUT2D eigenvalue weighted by molar-refractivity contribution is 0.301. The van der Waals surface area contributed by atoms with Crippen molar-refractivity contribution >= 4 is 15.9 Å². The number of halogens is 2. The van der Waals surface area contributed by atoms with Crippen molar-refractivity contribution in [3.8, 4) is 5.75 Å². The van der Waals surface area contributed by atoms with E-state index in [9.17, 15) is 4.39 Å². The molecule has 1 aliphatic heterocycles. The Morgan fingerprint density at radius 1 is 1.50 bits per heavy atom. The molecule has 2 N–H and O–H groups in total. The van der Waals surface area contributed by atoms with Crippen LogP contribution < -0.4 is 10.5 Å². The van der Waals surface area contributed by atoms with Crippen LogP contribution in [0.1, 0.15) is 24.4 Å². The van der Waals surface area contributed by atoms with Gasteiger partial charge in [0.25, 0.3) is 0 Å². The Morgan fingerprint density at radius 2 is 2.29 bits per heavy atom. The minimum absolute atomic E-state index is 0.141. The Morgan fingerprint density at radius 3 is 3.07 bits per heavy atom. The van der Waals surface area contributed by atoms with Gasteiger partial charge >= 0.3 is 0 Å². The molecule has 1 aromatic carbocycles. The summed E-state index contributed by atoms with van der Waals surface area (Å²) in [6, 6.07) is 2.92. The molecule has 0 fully saturated rings. The van der Waals surface area contributed by atoms with Gasteiger partial charge in [0.15, 0.2) is 11.6 Å². The average Bonchev–Trinajstić information content (AvgIpc) is 2.35. The highest BCUT2D eigenvalue weighted by Crippen LogP contribution is 2.37. The Balaban J connectivity index is 2.57. The molecule has 0 saturated carbocycles. The van der Waals surface area contributed by atoms with E-state index in [4.69, 9.17) is 10.5 Å². The summed E-state index contributed by atoms with van der Waals surface area (Å²) >= 11 is 3.36. The fourth-order valence-electron chi connectivity index (χ4n) is 1.66. The van der Waals surface area contributed by atoms with Crippen molar-refractivity contribution in [3.05, 3.63) is 28.0 Å². The number of hydrogen-bond donors (Lipinski definition) is 1. The van der Waals surface area contributed by atoms with E-state index in [0.717, 1.165) is 22.9 Å². The Bertz CT molecular complexity index is 356. The van der Waals surface area contributed by atoms with Crippen LogP contribution in [0.4, 0.5) is 4.39 Å². The lowest BCUT2D eigenvalue weighted by Gasteiger charge is -2.14. The first-order valence-corrected chi connectivity index (χ1v) is 5.35. The predicted octanol–water partition coefficient (Wildman–Crippen LogP) is 2.76. The lowest BCUT2D eigenvalue weighted by Crippen LogP contribution is -2.10. The summed E-state index contributed by atoms with van der Waals surface area (Å²) in [5.74, 6) is -0.0232. The molecule has 14 heavy (non-hydrogen) atoms. The molecule has 0 aliphatic carbocycles. The molecule has 0 radical (unpaired) electrons. The second-order valence-corrected chi connectivity index (χ2v) is 4.22. The quantitative estimate of drug-likeness (QED) is 0.778. The van der Waals surface area contributed by atoms with Crippen LogP contribution >= 0.6 is 15.9 Å². The number of benzene rings is 1. The third kappa shape index (κ3) is 1.64. The first kappa shape index (κ1) is 9.93. The van der Waals surface area contributed by atoms with Crippen molar-refractivity contribution in [2.24, 2.45) is 5.73 Å². The summed E-state index contributed by atoms with van der Waals surface area (Å²) in [5, 5.41) is 0. The monoisotopic (exact) mass is 259 g/mol. The average molecular weight is 260 g/mol. The van der Waals surface area contributed by atoms with Crippen molar-refractivity contribution in [2.75, 3.05) is 6.61 Å². The fraction of sp³-hybridized carbons (Fsp3) is 0.400. The van der Waals surface area contributed by atoms with Gasteiger partial charge in [0.2, 0.25) is 0 Å². The Hall–Kier alpha value is -0.610. The van der Waals surface area contributed by atoms with Gasteiger partial charge in [-0.3, -0.25) is 0 Å². The van der Waals surface area contributed by atoms with Crippen LogP contribution in [-0.4, -0.2) is 6.61 Å². The molecule has 0 spiro atoms. The standard InChI is InChI=1S/C10H11BrFNO/c11-6-3-4-7(12)10-9(6)8(13)2-1-5-14-10/h3-4,8H,1-2,5,13H2/t8-/m1/s1. The van der Waals surface area contributed by atoms with E-state index in [1.165, 1.54) is 6.07 Å². The third-order valence-corrected chi connectivity index (χ3v) is 3.06. The number of fused-ring (bicyclic) bond motifs is 1. The van der Waals surface area contributed by atoms with Crippen molar-refractivity contribution in [1.29, 1.82) is 0 Å². The van der Waals surface area contributed by atoms with E-state index in [2.05, 4.69) is 15.9 Å². The summed E-state index contributed by atoms with van der Waals surface area (Å²) in [6.07, 6.45) is 1.69. The van der Waals surface area contributed by atoms with E-state index in [0.29, 0.717) is 12.4 Å². The molecule has 0 saturated heterocycles. The molecule has 2 rings (SSSR count). The van der Waals surface area contributed by atoms with Crippen LogP contribution in [-0.2, 0) is 0 Å². The van der Waals surface area contributed by atoms with Gasteiger partial charge in [-0.2, -0.15) is 0 Å². The summed E-state index contributed by atoms with van der Waals surface area (Å²) < 4.78 is 19.6. The highest BCUT2D eigenvalue weighted by atomic mass is 79.9. The van der Waals surface area contributed by atoms with E-state index in [1.54, 1.807) is 6.07 Å². The molecule has 0 amide bonds. The molecule has 1 atom stereocenters. The summed E-state index contributed by atoms with van der Waals surface area (Å²) in [6.45, 7) is 0.536. The minimum Gasteiger partial charge on any atom is -0.490 e. The summed E-state index contributed by atoms with van der Waals surface area (Å²) in [4.78, 5) is 0. The van der Waals surface area contributed by atoms with Gasteiger partial charge in [-0.25, -0.2) is 4.39 Å². The lowest BCUT2D eigenvalue weighted by atomic mass is 10.0. The van der Waals surface area contributed by atoms with Crippen molar-refractivity contribution < 1.29 is 9.13 Å². The van der Waals surface area contributed by atoms with Crippen LogP contribution in [0.3, 0.4) is 0 Å². The van der Waals surface area contributed by atoms with Gasteiger partial charge in [-0.05, 0) is 25.0 Å². The third-order valence-electron chi connectivity index (χ3n) is 2.37. The molecule has 1 aromatic rings. The van der Waals surface area contributed by atoms with Gasteiger partial charge in [0.1, 0.15) is 0 Å². The van der Waals surface area contributed by atoms with Crippen LogP contribution in [0.2, 0.25) is 0 Å². The maximum Gasteiger partial charge on any atom is 0.165 e. The molecule has 4 heteroatoms. The van der Waals surface area contributed by atoms with Crippen molar-refractivity contribution in [3.63, 3.8) is 0 Å². The highest BCUT2D eigenvalue weighted by molar-refractivity contribution is 9.10. The predicted molar refractivity (Wildman–Crippen MR) is 55.8 cm³/mol. The molecule has 0 unspecified atom stereocenters. The zero-order valence-corrected chi connectivity index (χ0v) is 9.18. The summed E-state index contributed by atoms with van der Waals surface area (Å²) in [7, 11) is 0. The van der Waals surface area contributed by atoms with E-state index in [-0.39, 0.29) is 11.9 Å². The number of ether oxygens (including phenoxy) is 1. The van der Waals surface area contributed by atoms with Crippen molar-refractivity contribution in [1.82, 2.24) is 0 Å². The zero-order chi connectivity index (χ0) is 10.1. The molecule has 1 aliphatic rings. The number of rotatable bonds is 0. The van der Waals surface area contributed by atoms with Gasteiger partial charge < -0.3 is 10.5 Å². The van der Waals surface area contributed by atoms with Crippen LogP contribution in [0, 0.1) is 5.82 Å². The summed E-state index contributed by atoms with van der Waals surface area (Å²) in [5.41, 5.74) is 6.69. The van der Waals surface area contributed by atoms with E-state index < -0.39 is 0 Å². The zero-order valence-electron chi connectivity index (χ0n) is 7.59. The topological polar surface area (TPSA) is 35.2 Å². The van der Waals surface area contributed by atoms with E-state index in [1.807, 2.05) is 0 Å². The van der Waals surface area contributed by atoms with Gasteiger partial charge in [0, 0.05) is 16.1 Å². The largest absolute Gasteiger partial charge is 0.490 e. The van der Waals surface area contributed by atoms with E-state index >= 15 is 0 Å². The van der Waals surface area contributed by atoms with Gasteiger partial charge in [0.05, 0.1) is 6.61 Å². The van der Waals surface area contributed by atoms with Crippen LogP contribution in [0.5, 0.6) is 5.75 Å². The molecule has 76 valence electrons. The fourth-order valence-corrected chi connectivity index (χ4v) is 2.27. The highest BCUT2D eigenvalue weighted by Gasteiger charge is 2.22. The minimum atomic E-state index is -0.333. The first-order valence-electron chi connectivity index (χ1n) is 4.56. The number of hydrogen-bond acceptors (Lipinski definition) is 2. The second kappa shape index (κ2) is 3.87. The molecule has 0 bridgehead atoms. The molecule has 2 nitrogen and oxygen atoms in total. The van der Waals surface area contributed by atoms with Crippen LogP contribution in [0.25, 0.3) is 0 Å². The van der Waals surface area contributed by atoms with Crippen molar-refractivity contribution in [2.45, 2.75) is 18.9 Å². The SMILES string of the molecule is N[C@@H]1CCCOc2c(F)ccc(Br)c21.